The minimum absolute atomic E-state index is 0.261. The van der Waals surface area contributed by atoms with Crippen LogP contribution >= 0.6 is 0 Å². The summed E-state index contributed by atoms with van der Waals surface area (Å²) in [6.07, 6.45) is 0. The number of nitroso groups, excluding NO2 is 1. The van der Waals surface area contributed by atoms with E-state index in [0.29, 0.717) is 5.69 Å². The molecule has 0 aliphatic carbocycles. The van der Waals surface area contributed by atoms with Crippen LogP contribution in [0.25, 0.3) is 0 Å². The van der Waals surface area contributed by atoms with Crippen molar-refractivity contribution in [1.29, 1.82) is 0 Å². The largest absolute Gasteiger partial charge is 0.345 e. The molecule has 0 aromatic heterocycles. The van der Waals surface area contributed by atoms with Crippen LogP contribution in [0.1, 0.15) is 19.4 Å². The molecule has 1 aromatic carbocycles. The number of hydrogen-bond donors (Lipinski definition) is 1. The Balaban J connectivity index is 2.70. The predicted molar refractivity (Wildman–Crippen MR) is 63.0 cm³/mol. The van der Waals surface area contributed by atoms with Gasteiger partial charge >= 0.3 is 6.03 Å². The highest BCUT2D eigenvalue weighted by molar-refractivity contribution is 5.89. The Morgan fingerprint density at radius 1 is 1.31 bits per heavy atom. The molecule has 1 rings (SSSR count). The van der Waals surface area contributed by atoms with Gasteiger partial charge in [-0.05, 0) is 32.9 Å². The first kappa shape index (κ1) is 12.2. The maximum absolute atomic E-state index is 11.6. The second-order valence-corrected chi connectivity index (χ2v) is 3.82. The molecule has 0 fully saturated rings. The maximum Gasteiger partial charge on any atom is 0.345 e. The van der Waals surface area contributed by atoms with Crippen molar-refractivity contribution >= 4 is 11.7 Å². The van der Waals surface area contributed by atoms with Crippen molar-refractivity contribution in [2.75, 3.05) is 5.32 Å². The SMILES string of the molecule is Cc1ccc(NC(=O)N(N=O)C(C)C)cc1. The third-order valence-corrected chi connectivity index (χ3v) is 2.09. The average Bonchev–Trinajstić information content (AvgIpc) is 2.22. The molecule has 0 saturated heterocycles. The summed E-state index contributed by atoms with van der Waals surface area (Å²) < 4.78 is 0. The molecule has 1 aromatic rings. The van der Waals surface area contributed by atoms with Gasteiger partial charge in [-0.15, -0.1) is 4.91 Å². The fourth-order valence-corrected chi connectivity index (χ4v) is 1.18. The zero-order valence-corrected chi connectivity index (χ0v) is 9.60. The van der Waals surface area contributed by atoms with Crippen molar-refractivity contribution in [2.24, 2.45) is 5.29 Å². The van der Waals surface area contributed by atoms with E-state index in [2.05, 4.69) is 10.6 Å². The van der Waals surface area contributed by atoms with E-state index >= 15 is 0 Å². The fraction of sp³-hybridized carbons (Fsp3) is 0.364. The Bertz CT molecular complexity index is 373. The first-order valence-corrected chi connectivity index (χ1v) is 5.04. The van der Waals surface area contributed by atoms with Gasteiger partial charge in [0.2, 0.25) is 0 Å². The van der Waals surface area contributed by atoms with Crippen LogP contribution in [0, 0.1) is 11.8 Å². The van der Waals surface area contributed by atoms with Gasteiger partial charge in [0, 0.05) is 5.69 Å². The summed E-state index contributed by atoms with van der Waals surface area (Å²) >= 11 is 0. The average molecular weight is 221 g/mol. The van der Waals surface area contributed by atoms with E-state index in [1.54, 1.807) is 26.0 Å². The van der Waals surface area contributed by atoms with Gasteiger partial charge in [-0.2, -0.15) is 5.01 Å². The Kier molecular flexibility index (Phi) is 3.99. The minimum atomic E-state index is -0.520. The lowest BCUT2D eigenvalue weighted by Gasteiger charge is -2.17. The van der Waals surface area contributed by atoms with Gasteiger partial charge in [0.15, 0.2) is 0 Å². The van der Waals surface area contributed by atoms with Crippen molar-refractivity contribution in [3.63, 3.8) is 0 Å². The second-order valence-electron chi connectivity index (χ2n) is 3.82. The third-order valence-electron chi connectivity index (χ3n) is 2.09. The molecule has 0 saturated carbocycles. The number of anilines is 1. The van der Waals surface area contributed by atoms with Gasteiger partial charge in [-0.1, -0.05) is 17.7 Å². The molecule has 0 aliphatic heterocycles. The van der Waals surface area contributed by atoms with Gasteiger partial charge in [0.25, 0.3) is 0 Å². The lowest BCUT2D eigenvalue weighted by molar-refractivity contribution is 0.199. The first-order valence-electron chi connectivity index (χ1n) is 5.04. The Hall–Kier alpha value is -1.91. The van der Waals surface area contributed by atoms with E-state index < -0.39 is 6.03 Å². The zero-order chi connectivity index (χ0) is 12.1. The van der Waals surface area contributed by atoms with Gasteiger partial charge in [0.1, 0.15) is 0 Å². The Labute approximate surface area is 94.4 Å². The third kappa shape index (κ3) is 3.05. The Morgan fingerprint density at radius 3 is 2.31 bits per heavy atom. The van der Waals surface area contributed by atoms with Crippen molar-refractivity contribution in [1.82, 2.24) is 5.01 Å². The molecule has 0 spiro atoms. The van der Waals surface area contributed by atoms with E-state index in [0.717, 1.165) is 10.6 Å². The quantitative estimate of drug-likeness (QED) is 0.630. The van der Waals surface area contributed by atoms with E-state index in [1.165, 1.54) is 0 Å². The number of amides is 2. The number of nitrogens with one attached hydrogen (secondary N) is 1. The smallest absolute Gasteiger partial charge is 0.306 e. The van der Waals surface area contributed by atoms with Crippen molar-refractivity contribution < 1.29 is 4.79 Å². The fourth-order valence-electron chi connectivity index (χ4n) is 1.18. The van der Waals surface area contributed by atoms with Crippen LogP contribution in [0.15, 0.2) is 29.6 Å². The number of aryl methyl sites for hydroxylation is 1. The number of carbonyl (C=O) groups is 1. The monoisotopic (exact) mass is 221 g/mol. The standard InChI is InChI=1S/C11H15N3O2/c1-8(2)14(13-16)11(15)12-10-6-4-9(3)5-7-10/h4-8H,1-3H3,(H,12,15). The van der Waals surface area contributed by atoms with Crippen LogP contribution in [0.5, 0.6) is 0 Å². The van der Waals surface area contributed by atoms with Crippen molar-refractivity contribution in [3.8, 4) is 0 Å². The summed E-state index contributed by atoms with van der Waals surface area (Å²) in [6, 6.07) is 6.53. The van der Waals surface area contributed by atoms with Gasteiger partial charge < -0.3 is 5.32 Å². The molecule has 2 amide bonds. The number of urea groups is 1. The van der Waals surface area contributed by atoms with E-state index in [1.807, 2.05) is 19.1 Å². The van der Waals surface area contributed by atoms with Crippen LogP contribution < -0.4 is 5.32 Å². The molecule has 0 aliphatic rings. The maximum atomic E-state index is 11.6. The van der Waals surface area contributed by atoms with Gasteiger partial charge in [-0.25, -0.2) is 4.79 Å². The molecule has 5 nitrogen and oxygen atoms in total. The van der Waals surface area contributed by atoms with E-state index in [4.69, 9.17) is 0 Å². The lowest BCUT2D eigenvalue weighted by Crippen LogP contribution is -2.35. The molecule has 0 bridgehead atoms. The normalized spacial score (nSPS) is 10.0. The predicted octanol–water partition coefficient (Wildman–Crippen LogP) is 2.92. The molecule has 0 atom stereocenters. The van der Waals surface area contributed by atoms with Crippen molar-refractivity contribution in [2.45, 2.75) is 26.8 Å². The summed E-state index contributed by atoms with van der Waals surface area (Å²) in [6.45, 7) is 5.39. The van der Waals surface area contributed by atoms with Crippen LogP contribution in [-0.4, -0.2) is 17.1 Å². The summed E-state index contributed by atoms with van der Waals surface area (Å²) in [5, 5.41) is 6.13. The number of nitrogens with zero attached hydrogens (tertiary/aromatic N) is 2. The summed E-state index contributed by atoms with van der Waals surface area (Å²) in [4.78, 5) is 22.0. The first-order chi connectivity index (χ1) is 7.54. The number of hydrogen-bond acceptors (Lipinski definition) is 3. The molecule has 0 heterocycles. The van der Waals surface area contributed by atoms with E-state index in [-0.39, 0.29) is 6.04 Å². The number of benzene rings is 1. The molecule has 16 heavy (non-hydrogen) atoms. The molecular formula is C11H15N3O2. The molecule has 0 radical (unpaired) electrons. The van der Waals surface area contributed by atoms with E-state index in [9.17, 15) is 9.70 Å². The zero-order valence-electron chi connectivity index (χ0n) is 9.60. The lowest BCUT2D eigenvalue weighted by atomic mass is 10.2. The van der Waals surface area contributed by atoms with Crippen molar-refractivity contribution in [3.05, 3.63) is 34.7 Å². The second kappa shape index (κ2) is 5.25. The van der Waals surface area contributed by atoms with Gasteiger partial charge in [0.05, 0.1) is 11.3 Å². The summed E-state index contributed by atoms with van der Waals surface area (Å²) in [5.74, 6) is 0. The topological polar surface area (TPSA) is 61.8 Å². The van der Waals surface area contributed by atoms with Crippen LogP contribution in [0.3, 0.4) is 0 Å². The molecule has 86 valence electrons. The minimum Gasteiger partial charge on any atom is -0.306 e. The highest BCUT2D eigenvalue weighted by Gasteiger charge is 2.17. The molecule has 1 N–H and O–H groups in total. The van der Waals surface area contributed by atoms with Gasteiger partial charge in [-0.3, -0.25) is 0 Å². The van der Waals surface area contributed by atoms with Crippen LogP contribution in [0.4, 0.5) is 10.5 Å². The van der Waals surface area contributed by atoms with Crippen LogP contribution in [0.2, 0.25) is 0 Å². The molecular weight excluding hydrogens is 206 g/mol. The highest BCUT2D eigenvalue weighted by Crippen LogP contribution is 2.10. The summed E-state index contributed by atoms with van der Waals surface area (Å²) in [5.41, 5.74) is 1.75. The molecule has 0 unspecified atom stereocenters. The molecule has 5 heteroatoms. The number of carbonyl (C=O) groups excluding carboxylic acids is 1. The Morgan fingerprint density at radius 2 is 1.88 bits per heavy atom. The number of rotatable bonds is 3. The summed E-state index contributed by atoms with van der Waals surface area (Å²) in [7, 11) is 0. The highest BCUT2D eigenvalue weighted by atomic mass is 16.3. The van der Waals surface area contributed by atoms with Crippen LogP contribution in [-0.2, 0) is 0 Å².